The van der Waals surface area contributed by atoms with E-state index in [1.54, 1.807) is 0 Å². The molecule has 0 aromatic heterocycles. The molecular weight excluding hydrogens is 345 g/mol. The number of nitrogens with zero attached hydrogens (tertiary/aromatic N) is 1. The van der Waals surface area contributed by atoms with Gasteiger partial charge in [0, 0.05) is 11.6 Å². The summed E-state index contributed by atoms with van der Waals surface area (Å²) < 4.78 is 38.3. The second kappa shape index (κ2) is 4.72. The molecule has 2 rings (SSSR count). The monoisotopic (exact) mass is 352 g/mol. The fraction of sp³-hybridized carbons (Fsp3) is 0.364. The van der Waals surface area contributed by atoms with E-state index in [1.165, 1.54) is 12.1 Å². The quantitative estimate of drug-likeness (QED) is 0.670. The van der Waals surface area contributed by atoms with E-state index in [0.29, 0.717) is 0 Å². The number of nitrogens with one attached hydrogen (secondary N) is 1. The standard InChI is InChI=1S/C11H8BrF3N2O3/c12-7-2-1-6(5-8(7)17(19)20)9(18)16-10(3-4-10)11(13,14)15/h1-2,5H,3-4H2,(H,16,18). The van der Waals surface area contributed by atoms with Gasteiger partial charge in [0.25, 0.3) is 11.6 Å². The molecule has 1 aliphatic carbocycles. The number of hydrogen-bond acceptors (Lipinski definition) is 3. The number of halogens is 4. The zero-order valence-electron chi connectivity index (χ0n) is 9.83. The van der Waals surface area contributed by atoms with Crippen LogP contribution >= 0.6 is 15.9 Å². The second-order valence-corrected chi connectivity index (χ2v) is 5.31. The van der Waals surface area contributed by atoms with E-state index in [2.05, 4.69) is 15.9 Å². The summed E-state index contributed by atoms with van der Waals surface area (Å²) in [5.74, 6) is -0.976. The highest BCUT2D eigenvalue weighted by Gasteiger charge is 2.64. The van der Waals surface area contributed by atoms with Crippen molar-refractivity contribution in [1.82, 2.24) is 5.32 Å². The van der Waals surface area contributed by atoms with E-state index < -0.39 is 22.5 Å². The molecule has 0 unspecified atom stereocenters. The topological polar surface area (TPSA) is 72.2 Å². The Bertz CT molecular complexity index is 585. The van der Waals surface area contributed by atoms with Crippen molar-refractivity contribution in [3.05, 3.63) is 38.3 Å². The number of nitro groups is 1. The van der Waals surface area contributed by atoms with Crippen molar-refractivity contribution in [2.75, 3.05) is 0 Å². The summed E-state index contributed by atoms with van der Waals surface area (Å²) in [6.07, 6.45) is -4.88. The Morgan fingerprint density at radius 3 is 2.45 bits per heavy atom. The summed E-state index contributed by atoms with van der Waals surface area (Å²) in [5.41, 5.74) is -2.75. The van der Waals surface area contributed by atoms with E-state index in [4.69, 9.17) is 0 Å². The van der Waals surface area contributed by atoms with Crippen molar-refractivity contribution in [1.29, 1.82) is 0 Å². The molecule has 1 fully saturated rings. The molecule has 1 aliphatic rings. The lowest BCUT2D eigenvalue weighted by molar-refractivity contribution is -0.385. The van der Waals surface area contributed by atoms with Gasteiger partial charge in [0.05, 0.1) is 9.40 Å². The van der Waals surface area contributed by atoms with Crippen molar-refractivity contribution in [3.63, 3.8) is 0 Å². The first-order valence-corrected chi connectivity index (χ1v) is 6.29. The van der Waals surface area contributed by atoms with Gasteiger partial charge in [-0.15, -0.1) is 0 Å². The van der Waals surface area contributed by atoms with Crippen molar-refractivity contribution < 1.29 is 22.9 Å². The average molecular weight is 353 g/mol. The molecule has 108 valence electrons. The average Bonchev–Trinajstić information content (AvgIpc) is 3.09. The zero-order valence-corrected chi connectivity index (χ0v) is 11.4. The molecule has 20 heavy (non-hydrogen) atoms. The van der Waals surface area contributed by atoms with Gasteiger partial charge in [-0.1, -0.05) is 0 Å². The van der Waals surface area contributed by atoms with E-state index in [0.717, 1.165) is 6.07 Å². The largest absolute Gasteiger partial charge is 0.411 e. The minimum absolute atomic E-state index is 0.149. The maximum Gasteiger partial charge on any atom is 0.411 e. The summed E-state index contributed by atoms with van der Waals surface area (Å²) in [4.78, 5) is 21.8. The van der Waals surface area contributed by atoms with Crippen LogP contribution in [0, 0.1) is 10.1 Å². The third kappa shape index (κ3) is 2.62. The summed E-state index contributed by atoms with van der Waals surface area (Å²) in [5, 5.41) is 12.6. The van der Waals surface area contributed by atoms with Gasteiger partial charge in [-0.3, -0.25) is 14.9 Å². The van der Waals surface area contributed by atoms with Crippen LogP contribution in [0.2, 0.25) is 0 Å². The van der Waals surface area contributed by atoms with Crippen molar-refractivity contribution in [3.8, 4) is 0 Å². The Balaban J connectivity index is 2.23. The molecule has 1 aromatic rings. The van der Waals surface area contributed by atoms with Gasteiger partial charge >= 0.3 is 6.18 Å². The highest BCUT2D eigenvalue weighted by Crippen LogP contribution is 2.49. The summed E-state index contributed by atoms with van der Waals surface area (Å²) in [7, 11) is 0. The van der Waals surface area contributed by atoms with Crippen LogP contribution in [0.15, 0.2) is 22.7 Å². The first-order valence-electron chi connectivity index (χ1n) is 5.49. The van der Waals surface area contributed by atoms with Gasteiger partial charge in [0.2, 0.25) is 0 Å². The highest BCUT2D eigenvalue weighted by molar-refractivity contribution is 9.10. The molecule has 1 N–H and O–H groups in total. The third-order valence-corrected chi connectivity index (χ3v) is 3.72. The number of amides is 1. The molecule has 0 aliphatic heterocycles. The van der Waals surface area contributed by atoms with Crippen LogP contribution in [0.3, 0.4) is 0 Å². The van der Waals surface area contributed by atoms with E-state index >= 15 is 0 Å². The predicted octanol–water partition coefficient (Wildman–Crippen LogP) is 3.18. The molecule has 0 bridgehead atoms. The Kier molecular flexibility index (Phi) is 3.49. The first-order chi connectivity index (χ1) is 9.16. The molecule has 5 nitrogen and oxygen atoms in total. The lowest BCUT2D eigenvalue weighted by Crippen LogP contribution is -2.47. The fourth-order valence-corrected chi connectivity index (χ4v) is 2.08. The van der Waals surface area contributed by atoms with E-state index in [1.807, 2.05) is 5.32 Å². The maximum absolute atomic E-state index is 12.7. The number of hydrogen-bond donors (Lipinski definition) is 1. The van der Waals surface area contributed by atoms with Crippen LogP contribution in [-0.2, 0) is 0 Å². The number of carbonyl (C=O) groups excluding carboxylic acids is 1. The molecule has 1 amide bonds. The predicted molar refractivity (Wildman–Crippen MR) is 66.3 cm³/mol. The van der Waals surface area contributed by atoms with Crippen LogP contribution < -0.4 is 5.32 Å². The Labute approximate surface area is 119 Å². The van der Waals surface area contributed by atoms with E-state index in [9.17, 15) is 28.1 Å². The van der Waals surface area contributed by atoms with Crippen LogP contribution in [0.5, 0.6) is 0 Å². The Hall–Kier alpha value is -1.64. The molecular formula is C11H8BrF3N2O3. The Morgan fingerprint density at radius 1 is 1.40 bits per heavy atom. The molecule has 1 aromatic carbocycles. The van der Waals surface area contributed by atoms with Gasteiger partial charge in [-0.25, -0.2) is 0 Å². The maximum atomic E-state index is 12.7. The second-order valence-electron chi connectivity index (χ2n) is 4.46. The molecule has 9 heteroatoms. The number of alkyl halides is 3. The van der Waals surface area contributed by atoms with Crippen LogP contribution in [-0.4, -0.2) is 22.5 Å². The summed E-state index contributed by atoms with van der Waals surface area (Å²) in [6, 6.07) is 3.41. The summed E-state index contributed by atoms with van der Waals surface area (Å²) >= 11 is 2.93. The first kappa shape index (κ1) is 14.8. The van der Waals surface area contributed by atoms with Gasteiger partial charge < -0.3 is 5.32 Å². The smallest absolute Gasteiger partial charge is 0.338 e. The molecule has 0 radical (unpaired) electrons. The lowest BCUT2D eigenvalue weighted by Gasteiger charge is -2.20. The number of rotatable bonds is 3. The minimum atomic E-state index is -4.52. The van der Waals surface area contributed by atoms with E-state index in [-0.39, 0.29) is 28.6 Å². The van der Waals surface area contributed by atoms with Gasteiger partial charge in [0.15, 0.2) is 0 Å². The van der Waals surface area contributed by atoms with Gasteiger partial charge in [-0.2, -0.15) is 13.2 Å². The molecule has 0 saturated heterocycles. The molecule has 0 atom stereocenters. The van der Waals surface area contributed by atoms with Crippen molar-refractivity contribution in [2.45, 2.75) is 24.6 Å². The minimum Gasteiger partial charge on any atom is -0.338 e. The van der Waals surface area contributed by atoms with Crippen LogP contribution in [0.25, 0.3) is 0 Å². The van der Waals surface area contributed by atoms with Crippen molar-refractivity contribution in [2.24, 2.45) is 0 Å². The Morgan fingerprint density at radius 2 is 2.00 bits per heavy atom. The van der Waals surface area contributed by atoms with Crippen LogP contribution in [0.4, 0.5) is 18.9 Å². The normalized spacial score (nSPS) is 16.6. The van der Waals surface area contributed by atoms with Gasteiger partial charge in [-0.05, 0) is 40.9 Å². The SMILES string of the molecule is O=C(NC1(C(F)(F)F)CC1)c1ccc(Br)c([N+](=O)[O-])c1. The van der Waals surface area contributed by atoms with Crippen LogP contribution in [0.1, 0.15) is 23.2 Å². The van der Waals surface area contributed by atoms with Crippen molar-refractivity contribution >= 4 is 27.5 Å². The molecule has 0 heterocycles. The number of carbonyl (C=O) groups is 1. The molecule has 0 spiro atoms. The summed E-state index contributed by atoms with van der Waals surface area (Å²) in [6.45, 7) is 0. The van der Waals surface area contributed by atoms with Gasteiger partial charge in [0.1, 0.15) is 5.54 Å². The lowest BCUT2D eigenvalue weighted by atomic mass is 10.1. The number of benzene rings is 1. The fourth-order valence-electron chi connectivity index (χ4n) is 1.69. The highest BCUT2D eigenvalue weighted by atomic mass is 79.9. The third-order valence-electron chi connectivity index (χ3n) is 3.05. The molecule has 1 saturated carbocycles. The zero-order chi connectivity index (χ0) is 15.1. The number of nitro benzene ring substituents is 1.